The van der Waals surface area contributed by atoms with Gasteiger partial charge in [-0.15, -0.1) is 11.3 Å². The Labute approximate surface area is 125 Å². The van der Waals surface area contributed by atoms with Crippen molar-refractivity contribution in [2.45, 2.75) is 20.0 Å². The van der Waals surface area contributed by atoms with Gasteiger partial charge in [0.25, 0.3) is 0 Å². The van der Waals surface area contributed by atoms with E-state index in [0.717, 1.165) is 11.3 Å². The SMILES string of the molecule is CCN(c1ccccc1F)c1sc([C@H](C)O)cc1[N+](=O)[O-]. The van der Waals surface area contributed by atoms with E-state index in [1.54, 1.807) is 36.9 Å². The predicted octanol–water partition coefficient (Wildman–Crippen LogP) is 4.01. The highest BCUT2D eigenvalue weighted by Crippen LogP contribution is 2.43. The Morgan fingerprint density at radius 1 is 1.48 bits per heavy atom. The molecular weight excluding hydrogens is 295 g/mol. The van der Waals surface area contributed by atoms with Crippen LogP contribution in [0.3, 0.4) is 0 Å². The van der Waals surface area contributed by atoms with Crippen LogP contribution >= 0.6 is 11.3 Å². The summed E-state index contributed by atoms with van der Waals surface area (Å²) in [5.41, 5.74) is 0.156. The molecular formula is C14H15FN2O3S. The number of rotatable bonds is 5. The normalized spacial score (nSPS) is 12.2. The Kier molecular flexibility index (Phi) is 4.54. The second kappa shape index (κ2) is 6.19. The van der Waals surface area contributed by atoms with Crippen LogP contribution in [0.25, 0.3) is 0 Å². The predicted molar refractivity (Wildman–Crippen MR) is 80.7 cm³/mol. The molecule has 1 aromatic heterocycles. The average molecular weight is 310 g/mol. The van der Waals surface area contributed by atoms with Crippen LogP contribution in [0, 0.1) is 15.9 Å². The van der Waals surface area contributed by atoms with Gasteiger partial charge in [-0.3, -0.25) is 10.1 Å². The van der Waals surface area contributed by atoms with Gasteiger partial charge in [0.2, 0.25) is 0 Å². The summed E-state index contributed by atoms with van der Waals surface area (Å²) in [6.07, 6.45) is -0.804. The third-order valence-corrected chi connectivity index (χ3v) is 4.34. The van der Waals surface area contributed by atoms with E-state index < -0.39 is 16.8 Å². The monoisotopic (exact) mass is 310 g/mol. The summed E-state index contributed by atoms with van der Waals surface area (Å²) in [6, 6.07) is 7.47. The van der Waals surface area contributed by atoms with Crippen molar-refractivity contribution in [3.8, 4) is 0 Å². The number of hydrogen-bond donors (Lipinski definition) is 1. The molecule has 21 heavy (non-hydrogen) atoms. The molecule has 0 spiro atoms. The number of anilines is 2. The zero-order valence-electron chi connectivity index (χ0n) is 11.6. The van der Waals surface area contributed by atoms with Crippen LogP contribution in [0.2, 0.25) is 0 Å². The molecule has 0 fully saturated rings. The van der Waals surface area contributed by atoms with Gasteiger partial charge in [0.1, 0.15) is 5.82 Å². The van der Waals surface area contributed by atoms with E-state index in [4.69, 9.17) is 0 Å². The first-order valence-electron chi connectivity index (χ1n) is 6.44. The first-order chi connectivity index (χ1) is 9.95. The maximum atomic E-state index is 14.0. The largest absolute Gasteiger partial charge is 0.388 e. The fraction of sp³-hybridized carbons (Fsp3) is 0.286. The fourth-order valence-corrected chi connectivity index (χ4v) is 3.15. The number of nitro groups is 1. The van der Waals surface area contributed by atoms with Gasteiger partial charge in [0, 0.05) is 17.5 Å². The van der Waals surface area contributed by atoms with E-state index in [9.17, 15) is 19.6 Å². The van der Waals surface area contributed by atoms with E-state index in [1.807, 2.05) is 0 Å². The van der Waals surface area contributed by atoms with Gasteiger partial charge >= 0.3 is 5.69 Å². The minimum Gasteiger partial charge on any atom is -0.388 e. The summed E-state index contributed by atoms with van der Waals surface area (Å²) in [7, 11) is 0. The van der Waals surface area contributed by atoms with Crippen molar-refractivity contribution in [3.05, 3.63) is 51.1 Å². The molecule has 7 heteroatoms. The summed E-state index contributed by atoms with van der Waals surface area (Å²) < 4.78 is 14.0. The van der Waals surface area contributed by atoms with Crippen LogP contribution in [-0.2, 0) is 0 Å². The van der Waals surface area contributed by atoms with Gasteiger partial charge in [-0.25, -0.2) is 4.39 Å². The van der Waals surface area contributed by atoms with Crippen molar-refractivity contribution >= 4 is 27.7 Å². The van der Waals surface area contributed by atoms with Crippen molar-refractivity contribution in [3.63, 3.8) is 0 Å². The number of aliphatic hydroxyl groups excluding tert-OH is 1. The molecule has 1 N–H and O–H groups in total. The minimum absolute atomic E-state index is 0.124. The molecule has 0 radical (unpaired) electrons. The van der Waals surface area contributed by atoms with Gasteiger partial charge in [0.05, 0.1) is 16.7 Å². The van der Waals surface area contributed by atoms with Gasteiger partial charge in [-0.05, 0) is 26.0 Å². The number of para-hydroxylation sites is 1. The van der Waals surface area contributed by atoms with Gasteiger partial charge in [0.15, 0.2) is 5.00 Å². The summed E-state index contributed by atoms with van der Waals surface area (Å²) in [4.78, 5) is 12.7. The molecule has 0 unspecified atom stereocenters. The van der Waals surface area contributed by atoms with Gasteiger partial charge < -0.3 is 10.0 Å². The van der Waals surface area contributed by atoms with Crippen molar-refractivity contribution < 1.29 is 14.4 Å². The standard InChI is InChI=1S/C14H15FN2O3S/c1-3-16(11-7-5-4-6-10(11)15)14-12(17(19)20)8-13(21-14)9(2)18/h4-9,18H,3H2,1-2H3/t9-/m0/s1. The molecule has 0 amide bonds. The zero-order valence-corrected chi connectivity index (χ0v) is 12.4. The zero-order chi connectivity index (χ0) is 15.6. The molecule has 2 aromatic rings. The highest BCUT2D eigenvalue weighted by Gasteiger charge is 2.26. The molecule has 5 nitrogen and oxygen atoms in total. The highest BCUT2D eigenvalue weighted by molar-refractivity contribution is 7.16. The van der Waals surface area contributed by atoms with E-state index >= 15 is 0 Å². The molecule has 112 valence electrons. The maximum absolute atomic E-state index is 14.0. The number of nitrogens with zero attached hydrogens (tertiary/aromatic N) is 2. The number of halogens is 1. The van der Waals surface area contributed by atoms with Crippen molar-refractivity contribution in [1.82, 2.24) is 0 Å². The maximum Gasteiger partial charge on any atom is 0.304 e. The smallest absolute Gasteiger partial charge is 0.304 e. The number of aliphatic hydroxyl groups is 1. The average Bonchev–Trinajstić information content (AvgIpc) is 2.87. The Bertz CT molecular complexity index is 657. The lowest BCUT2D eigenvalue weighted by Crippen LogP contribution is -2.17. The second-order valence-corrected chi connectivity index (χ2v) is 5.53. The first-order valence-corrected chi connectivity index (χ1v) is 7.25. The van der Waals surface area contributed by atoms with Crippen LogP contribution in [0.4, 0.5) is 20.8 Å². The van der Waals surface area contributed by atoms with Crippen LogP contribution in [0.5, 0.6) is 0 Å². The molecule has 2 rings (SSSR count). The van der Waals surface area contributed by atoms with Crippen LogP contribution in [-0.4, -0.2) is 16.6 Å². The lowest BCUT2D eigenvalue weighted by Gasteiger charge is -2.21. The fourth-order valence-electron chi connectivity index (χ4n) is 2.01. The van der Waals surface area contributed by atoms with Crippen LogP contribution < -0.4 is 4.90 Å². The Balaban J connectivity index is 2.57. The molecule has 0 aliphatic rings. The van der Waals surface area contributed by atoms with Crippen LogP contribution in [0.15, 0.2) is 30.3 Å². The molecule has 0 aliphatic carbocycles. The second-order valence-electron chi connectivity index (χ2n) is 4.47. The lowest BCUT2D eigenvalue weighted by atomic mass is 10.2. The molecule has 0 saturated carbocycles. The number of thiophene rings is 1. The molecule has 1 heterocycles. The molecule has 0 saturated heterocycles. The Morgan fingerprint density at radius 3 is 2.67 bits per heavy atom. The third-order valence-electron chi connectivity index (χ3n) is 3.03. The topological polar surface area (TPSA) is 66.6 Å². The third kappa shape index (κ3) is 3.03. The minimum atomic E-state index is -0.804. The van der Waals surface area contributed by atoms with Gasteiger partial charge in [-0.2, -0.15) is 0 Å². The van der Waals surface area contributed by atoms with E-state index in [1.165, 1.54) is 12.1 Å². The summed E-state index contributed by atoms with van der Waals surface area (Å²) >= 11 is 1.10. The number of hydrogen-bond acceptors (Lipinski definition) is 5. The Morgan fingerprint density at radius 2 is 2.14 bits per heavy atom. The lowest BCUT2D eigenvalue weighted by molar-refractivity contribution is -0.383. The summed E-state index contributed by atoms with van der Waals surface area (Å²) in [6.45, 7) is 3.71. The van der Waals surface area contributed by atoms with E-state index in [0.29, 0.717) is 16.4 Å². The van der Waals surface area contributed by atoms with Crippen molar-refractivity contribution in [1.29, 1.82) is 0 Å². The quantitative estimate of drug-likeness (QED) is 0.669. The first kappa shape index (κ1) is 15.4. The van der Waals surface area contributed by atoms with Crippen molar-refractivity contribution in [2.75, 3.05) is 11.4 Å². The Hall–Kier alpha value is -1.99. The molecule has 0 bridgehead atoms. The van der Waals surface area contributed by atoms with E-state index in [2.05, 4.69) is 0 Å². The molecule has 1 aromatic carbocycles. The summed E-state index contributed by atoms with van der Waals surface area (Å²) in [5, 5.41) is 21.1. The van der Waals surface area contributed by atoms with Gasteiger partial charge in [-0.1, -0.05) is 12.1 Å². The number of benzene rings is 1. The molecule has 1 atom stereocenters. The van der Waals surface area contributed by atoms with E-state index in [-0.39, 0.29) is 11.4 Å². The highest BCUT2D eigenvalue weighted by atomic mass is 32.1. The van der Waals surface area contributed by atoms with Crippen LogP contribution in [0.1, 0.15) is 24.8 Å². The van der Waals surface area contributed by atoms with Crippen molar-refractivity contribution in [2.24, 2.45) is 0 Å². The summed E-state index contributed by atoms with van der Waals surface area (Å²) in [5.74, 6) is -0.444. The molecule has 0 aliphatic heterocycles.